The molecule has 0 saturated carbocycles. The van der Waals surface area contributed by atoms with Crippen molar-refractivity contribution in [2.45, 2.75) is 12.5 Å². The van der Waals surface area contributed by atoms with Crippen molar-refractivity contribution < 1.29 is 0 Å². The van der Waals surface area contributed by atoms with E-state index in [0.717, 1.165) is 31.2 Å². The van der Waals surface area contributed by atoms with Crippen molar-refractivity contribution in [3.63, 3.8) is 0 Å². The summed E-state index contributed by atoms with van der Waals surface area (Å²) in [5.74, 6) is 0.773. The summed E-state index contributed by atoms with van der Waals surface area (Å²) in [6.45, 7) is 3.30. The minimum absolute atomic E-state index is 0. The van der Waals surface area contributed by atoms with Gasteiger partial charge in [-0.3, -0.25) is 0 Å². The van der Waals surface area contributed by atoms with Gasteiger partial charge in [0.2, 0.25) is 0 Å². The normalized spacial score (nSPS) is 26.8. The third-order valence-electron chi connectivity index (χ3n) is 3.51. The molecule has 2 fully saturated rings. The van der Waals surface area contributed by atoms with Gasteiger partial charge in [0.25, 0.3) is 0 Å². The predicted octanol–water partition coefficient (Wildman–Crippen LogP) is 2.61. The lowest BCUT2D eigenvalue weighted by Gasteiger charge is -2.19. The van der Waals surface area contributed by atoms with Crippen LogP contribution in [0.15, 0.2) is 12.3 Å². The highest BCUT2D eigenvalue weighted by atomic mass is 35.5. The monoisotopic (exact) mass is 293 g/mol. The van der Waals surface area contributed by atoms with Gasteiger partial charge in [0, 0.05) is 19.1 Å². The molecule has 94 valence electrons. The molecule has 1 aromatic rings. The predicted molar refractivity (Wildman–Crippen MR) is 73.6 cm³/mol. The van der Waals surface area contributed by atoms with E-state index in [1.54, 1.807) is 6.20 Å². The van der Waals surface area contributed by atoms with Crippen LogP contribution in [0.2, 0.25) is 10.2 Å². The highest BCUT2D eigenvalue weighted by Crippen LogP contribution is 2.31. The Morgan fingerprint density at radius 1 is 1.35 bits per heavy atom. The maximum Gasteiger partial charge on any atom is 0.147 e. The second kappa shape index (κ2) is 5.19. The highest BCUT2D eigenvalue weighted by Gasteiger charge is 2.36. The van der Waals surface area contributed by atoms with E-state index in [4.69, 9.17) is 23.2 Å². The molecule has 0 radical (unpaired) electrons. The third-order valence-corrected chi connectivity index (χ3v) is 4.20. The fraction of sp³-hybridized carbons (Fsp3) is 0.545. The zero-order valence-corrected chi connectivity index (χ0v) is 11.5. The summed E-state index contributed by atoms with van der Waals surface area (Å²) in [7, 11) is 0. The van der Waals surface area contributed by atoms with Crippen molar-refractivity contribution in [2.24, 2.45) is 5.92 Å². The quantitative estimate of drug-likeness (QED) is 0.807. The number of aromatic nitrogens is 1. The lowest BCUT2D eigenvalue weighted by molar-refractivity contribution is 0.556. The fourth-order valence-corrected chi connectivity index (χ4v) is 2.91. The number of halogens is 3. The number of anilines is 1. The van der Waals surface area contributed by atoms with Crippen LogP contribution in [0.25, 0.3) is 0 Å². The molecule has 0 amide bonds. The lowest BCUT2D eigenvalue weighted by Crippen LogP contribution is -2.30. The van der Waals surface area contributed by atoms with E-state index in [0.29, 0.717) is 16.2 Å². The van der Waals surface area contributed by atoms with E-state index in [9.17, 15) is 0 Å². The zero-order chi connectivity index (χ0) is 11.1. The van der Waals surface area contributed by atoms with Gasteiger partial charge in [0.15, 0.2) is 0 Å². The molecular formula is C11H14Cl3N3. The molecule has 6 heteroatoms. The van der Waals surface area contributed by atoms with Gasteiger partial charge in [-0.1, -0.05) is 23.2 Å². The first-order valence-electron chi connectivity index (χ1n) is 5.53. The Kier molecular flexibility index (Phi) is 4.03. The standard InChI is InChI=1S/C11H13Cl2N3.ClH/c12-9-3-8(4-15-11(9)13)16-5-7-1-2-14-10(7)6-16;/h3-4,7,10,14H,1-2,5-6H2;1H/t7-,10+;/m0./s1. The molecule has 17 heavy (non-hydrogen) atoms. The second-order valence-corrected chi connectivity index (χ2v) is 5.25. The summed E-state index contributed by atoms with van der Waals surface area (Å²) in [5.41, 5.74) is 1.07. The number of nitrogens with zero attached hydrogens (tertiary/aromatic N) is 2. The van der Waals surface area contributed by atoms with Gasteiger partial charge in [0.05, 0.1) is 16.9 Å². The maximum atomic E-state index is 5.98. The molecule has 2 aliphatic rings. The van der Waals surface area contributed by atoms with Crippen LogP contribution in [-0.2, 0) is 0 Å². The first-order valence-corrected chi connectivity index (χ1v) is 6.29. The molecule has 2 saturated heterocycles. The van der Waals surface area contributed by atoms with Gasteiger partial charge < -0.3 is 10.2 Å². The van der Waals surface area contributed by atoms with E-state index in [1.807, 2.05) is 6.07 Å². The second-order valence-electron chi connectivity index (χ2n) is 4.48. The maximum absolute atomic E-state index is 5.98. The van der Waals surface area contributed by atoms with E-state index in [-0.39, 0.29) is 12.4 Å². The zero-order valence-electron chi connectivity index (χ0n) is 9.20. The Labute approximate surface area is 117 Å². The summed E-state index contributed by atoms with van der Waals surface area (Å²) < 4.78 is 0. The first-order chi connectivity index (χ1) is 7.74. The minimum Gasteiger partial charge on any atom is -0.368 e. The summed E-state index contributed by atoms with van der Waals surface area (Å²) >= 11 is 11.8. The molecule has 0 bridgehead atoms. The molecule has 0 spiro atoms. The molecule has 3 heterocycles. The van der Waals surface area contributed by atoms with Gasteiger partial charge in [-0.2, -0.15) is 0 Å². The molecule has 1 N–H and O–H groups in total. The molecule has 3 rings (SSSR count). The molecule has 0 unspecified atom stereocenters. The van der Waals surface area contributed by atoms with Crippen molar-refractivity contribution in [3.05, 3.63) is 22.4 Å². The summed E-state index contributed by atoms with van der Waals surface area (Å²) in [5, 5.41) is 4.43. The largest absolute Gasteiger partial charge is 0.368 e. The Bertz CT molecular complexity index is 401. The van der Waals surface area contributed by atoms with Crippen LogP contribution in [0.4, 0.5) is 5.69 Å². The van der Waals surface area contributed by atoms with E-state index in [1.165, 1.54) is 6.42 Å². The van der Waals surface area contributed by atoms with E-state index in [2.05, 4.69) is 15.2 Å². The van der Waals surface area contributed by atoms with E-state index >= 15 is 0 Å². The minimum atomic E-state index is 0. The average molecular weight is 295 g/mol. The van der Waals surface area contributed by atoms with Crippen LogP contribution in [0.1, 0.15) is 6.42 Å². The number of fused-ring (bicyclic) bond motifs is 1. The van der Waals surface area contributed by atoms with Crippen LogP contribution >= 0.6 is 35.6 Å². The summed E-state index contributed by atoms with van der Waals surface area (Å²) in [4.78, 5) is 6.42. The van der Waals surface area contributed by atoms with Crippen molar-refractivity contribution in [1.82, 2.24) is 10.3 Å². The number of pyridine rings is 1. The molecule has 2 aliphatic heterocycles. The smallest absolute Gasteiger partial charge is 0.147 e. The molecule has 3 nitrogen and oxygen atoms in total. The molecule has 2 atom stereocenters. The van der Waals surface area contributed by atoms with E-state index < -0.39 is 0 Å². The van der Waals surface area contributed by atoms with Crippen molar-refractivity contribution in [2.75, 3.05) is 24.5 Å². The van der Waals surface area contributed by atoms with Crippen LogP contribution in [0.3, 0.4) is 0 Å². The highest BCUT2D eigenvalue weighted by molar-refractivity contribution is 6.41. The van der Waals surface area contributed by atoms with Gasteiger partial charge in [-0.25, -0.2) is 4.98 Å². The molecule has 0 aliphatic carbocycles. The topological polar surface area (TPSA) is 28.2 Å². The molecular weight excluding hydrogens is 281 g/mol. The number of nitrogens with one attached hydrogen (secondary N) is 1. The Morgan fingerprint density at radius 3 is 2.88 bits per heavy atom. The Balaban J connectivity index is 0.00000108. The van der Waals surface area contributed by atoms with Crippen LogP contribution in [0, 0.1) is 5.92 Å². The number of hydrogen-bond donors (Lipinski definition) is 1. The van der Waals surface area contributed by atoms with Gasteiger partial charge in [-0.15, -0.1) is 12.4 Å². The first kappa shape index (κ1) is 13.2. The SMILES string of the molecule is Cl.Clc1cc(N2C[C@@H]3CCN[C@@H]3C2)cnc1Cl. The third kappa shape index (κ3) is 2.48. The van der Waals surface area contributed by atoms with Crippen molar-refractivity contribution >= 4 is 41.3 Å². The van der Waals surface area contributed by atoms with Crippen molar-refractivity contribution in [3.8, 4) is 0 Å². The fourth-order valence-electron chi connectivity index (χ4n) is 2.64. The van der Waals surface area contributed by atoms with Crippen LogP contribution in [0.5, 0.6) is 0 Å². The van der Waals surface area contributed by atoms with Crippen molar-refractivity contribution in [1.29, 1.82) is 0 Å². The summed E-state index contributed by atoms with van der Waals surface area (Å²) in [6.07, 6.45) is 3.07. The van der Waals surface area contributed by atoms with Gasteiger partial charge in [0.1, 0.15) is 5.15 Å². The molecule has 0 aromatic carbocycles. The average Bonchev–Trinajstić information content (AvgIpc) is 2.81. The van der Waals surface area contributed by atoms with Gasteiger partial charge >= 0.3 is 0 Å². The summed E-state index contributed by atoms with van der Waals surface area (Å²) in [6, 6.07) is 2.53. The van der Waals surface area contributed by atoms with Gasteiger partial charge in [-0.05, 0) is 24.9 Å². The van der Waals surface area contributed by atoms with Crippen LogP contribution < -0.4 is 10.2 Å². The van der Waals surface area contributed by atoms with Crippen LogP contribution in [-0.4, -0.2) is 30.7 Å². The molecule has 1 aromatic heterocycles. The Hall–Kier alpha value is -0.220. The number of rotatable bonds is 1. The number of hydrogen-bond acceptors (Lipinski definition) is 3. The Morgan fingerprint density at radius 2 is 2.18 bits per heavy atom. The lowest BCUT2D eigenvalue weighted by atomic mass is 10.1.